The molecule has 0 aliphatic carbocycles. The van der Waals surface area contributed by atoms with E-state index >= 15 is 0 Å². The molecule has 1 aliphatic heterocycles. The number of nitrogens with two attached hydrogens (primary N) is 2. The molecule has 0 bridgehead atoms. The number of rotatable bonds is 3. The van der Waals surface area contributed by atoms with Gasteiger partial charge in [-0.1, -0.05) is 0 Å². The zero-order valence-corrected chi connectivity index (χ0v) is 9.73. The molecule has 1 heterocycles. The summed E-state index contributed by atoms with van der Waals surface area (Å²) >= 11 is 0. The Bertz CT molecular complexity index is 504. The van der Waals surface area contributed by atoms with Crippen molar-refractivity contribution >= 4 is 17.5 Å². The maximum Gasteiger partial charge on any atom is 0.251 e. The van der Waals surface area contributed by atoms with Gasteiger partial charge < -0.3 is 16.4 Å². The monoisotopic (exact) mass is 251 g/mol. The molecule has 1 aromatic carbocycles. The van der Waals surface area contributed by atoms with E-state index in [0.717, 1.165) is 6.07 Å². The van der Waals surface area contributed by atoms with Gasteiger partial charge in [-0.25, -0.2) is 4.39 Å². The van der Waals surface area contributed by atoms with Crippen molar-refractivity contribution in [2.24, 2.45) is 11.5 Å². The summed E-state index contributed by atoms with van der Waals surface area (Å²) in [5.41, 5.74) is 10.8. The molecule has 0 aromatic heterocycles. The van der Waals surface area contributed by atoms with Crippen LogP contribution in [0.2, 0.25) is 0 Å². The predicted octanol–water partition coefficient (Wildman–Crippen LogP) is 0.379. The lowest BCUT2D eigenvalue weighted by molar-refractivity contribution is -0.117. The average Bonchev–Trinajstić information content (AvgIpc) is 2.69. The third-order valence-corrected chi connectivity index (χ3v) is 3.09. The van der Waals surface area contributed by atoms with Crippen molar-refractivity contribution in [3.8, 4) is 0 Å². The normalized spacial score (nSPS) is 19.3. The minimum Gasteiger partial charge on any atom is -0.366 e. The van der Waals surface area contributed by atoms with Crippen LogP contribution in [0.4, 0.5) is 10.1 Å². The van der Waals surface area contributed by atoms with Gasteiger partial charge in [-0.05, 0) is 24.6 Å². The molecule has 0 spiro atoms. The van der Waals surface area contributed by atoms with E-state index in [1.807, 2.05) is 0 Å². The van der Waals surface area contributed by atoms with Gasteiger partial charge in [0.05, 0.1) is 5.56 Å². The number of halogens is 1. The topological polar surface area (TPSA) is 89.4 Å². The maximum atomic E-state index is 13.6. The van der Waals surface area contributed by atoms with Gasteiger partial charge >= 0.3 is 0 Å². The number of anilines is 1. The van der Waals surface area contributed by atoms with Gasteiger partial charge in [-0.15, -0.1) is 0 Å². The Kier molecular flexibility index (Phi) is 3.29. The molecule has 0 saturated carbocycles. The second kappa shape index (κ2) is 4.73. The second-order valence-electron chi connectivity index (χ2n) is 4.22. The van der Waals surface area contributed by atoms with Crippen LogP contribution in [0.5, 0.6) is 0 Å². The van der Waals surface area contributed by atoms with Crippen LogP contribution in [0.25, 0.3) is 0 Å². The molecule has 96 valence electrons. The average molecular weight is 251 g/mol. The molecule has 1 fully saturated rings. The Labute approximate surface area is 104 Å². The van der Waals surface area contributed by atoms with Gasteiger partial charge in [0.1, 0.15) is 5.82 Å². The van der Waals surface area contributed by atoms with Crippen LogP contribution in [0.15, 0.2) is 18.2 Å². The lowest BCUT2D eigenvalue weighted by Gasteiger charge is -2.23. The van der Waals surface area contributed by atoms with E-state index in [4.69, 9.17) is 11.5 Å². The van der Waals surface area contributed by atoms with Gasteiger partial charge in [0.2, 0.25) is 5.91 Å². The van der Waals surface area contributed by atoms with E-state index in [1.165, 1.54) is 17.0 Å². The molecule has 4 N–H and O–H groups in total. The molecule has 18 heavy (non-hydrogen) atoms. The summed E-state index contributed by atoms with van der Waals surface area (Å²) in [6, 6.07) is 3.82. The molecule has 2 amide bonds. The Morgan fingerprint density at radius 2 is 2.22 bits per heavy atom. The fourth-order valence-electron chi connectivity index (χ4n) is 2.18. The number of nitrogens with zero attached hydrogens (tertiary/aromatic N) is 1. The SMILES string of the molecule is NCC1CCC(=O)N1c1ccc(C(N)=O)c(F)c1. The number of carbonyl (C=O) groups excluding carboxylic acids is 2. The quantitative estimate of drug-likeness (QED) is 0.813. The van der Waals surface area contributed by atoms with Crippen LogP contribution in [0.3, 0.4) is 0 Å². The summed E-state index contributed by atoms with van der Waals surface area (Å²) in [5, 5.41) is 0. The van der Waals surface area contributed by atoms with Gasteiger partial charge in [0.15, 0.2) is 0 Å². The van der Waals surface area contributed by atoms with Crippen molar-refractivity contribution in [1.82, 2.24) is 0 Å². The van der Waals surface area contributed by atoms with Crippen molar-refractivity contribution in [1.29, 1.82) is 0 Å². The van der Waals surface area contributed by atoms with E-state index in [9.17, 15) is 14.0 Å². The Hall–Kier alpha value is -1.95. The molecule has 1 unspecified atom stereocenters. The lowest BCUT2D eigenvalue weighted by atomic mass is 10.1. The second-order valence-corrected chi connectivity index (χ2v) is 4.22. The molecular formula is C12H14FN3O2. The molecule has 0 radical (unpaired) electrons. The first-order valence-electron chi connectivity index (χ1n) is 5.66. The Balaban J connectivity index is 2.36. The van der Waals surface area contributed by atoms with Crippen molar-refractivity contribution in [2.75, 3.05) is 11.4 Å². The first kappa shape index (κ1) is 12.5. The summed E-state index contributed by atoms with van der Waals surface area (Å²) in [5.74, 6) is -1.64. The van der Waals surface area contributed by atoms with Gasteiger partial charge in [-0.2, -0.15) is 0 Å². The lowest BCUT2D eigenvalue weighted by Crippen LogP contribution is -2.38. The van der Waals surface area contributed by atoms with Crippen molar-refractivity contribution < 1.29 is 14.0 Å². The highest BCUT2D eigenvalue weighted by molar-refractivity contribution is 5.97. The Morgan fingerprint density at radius 1 is 1.50 bits per heavy atom. The number of benzene rings is 1. The zero-order valence-electron chi connectivity index (χ0n) is 9.73. The summed E-state index contributed by atoms with van der Waals surface area (Å²) in [7, 11) is 0. The third-order valence-electron chi connectivity index (χ3n) is 3.09. The fraction of sp³-hybridized carbons (Fsp3) is 0.333. The molecule has 1 aliphatic rings. The third kappa shape index (κ3) is 2.06. The van der Waals surface area contributed by atoms with E-state index in [2.05, 4.69) is 0 Å². The molecular weight excluding hydrogens is 237 g/mol. The molecule has 6 heteroatoms. The van der Waals surface area contributed by atoms with Crippen LogP contribution in [-0.2, 0) is 4.79 Å². The zero-order chi connectivity index (χ0) is 13.3. The van der Waals surface area contributed by atoms with Crippen LogP contribution >= 0.6 is 0 Å². The van der Waals surface area contributed by atoms with Gasteiger partial charge in [0.25, 0.3) is 5.91 Å². The number of hydrogen-bond acceptors (Lipinski definition) is 3. The number of hydrogen-bond donors (Lipinski definition) is 2. The van der Waals surface area contributed by atoms with E-state index in [1.54, 1.807) is 0 Å². The first-order chi connectivity index (χ1) is 8.54. The van der Waals surface area contributed by atoms with E-state index in [0.29, 0.717) is 25.1 Å². The molecule has 2 rings (SSSR count). The molecule has 1 aromatic rings. The summed E-state index contributed by atoms with van der Waals surface area (Å²) in [6.07, 6.45) is 1.07. The van der Waals surface area contributed by atoms with Crippen molar-refractivity contribution in [2.45, 2.75) is 18.9 Å². The number of carbonyl (C=O) groups is 2. The molecule has 5 nitrogen and oxygen atoms in total. The standard InChI is InChI=1S/C12H14FN3O2/c13-10-5-7(1-3-9(10)12(15)18)16-8(6-14)2-4-11(16)17/h1,3,5,8H,2,4,6,14H2,(H2,15,18). The number of primary amides is 1. The molecule has 1 saturated heterocycles. The van der Waals surface area contributed by atoms with Gasteiger partial charge in [0, 0.05) is 24.7 Å². The largest absolute Gasteiger partial charge is 0.366 e. The minimum absolute atomic E-state index is 0.0864. The highest BCUT2D eigenvalue weighted by atomic mass is 19.1. The predicted molar refractivity (Wildman–Crippen MR) is 64.5 cm³/mol. The van der Waals surface area contributed by atoms with Crippen LogP contribution < -0.4 is 16.4 Å². The van der Waals surface area contributed by atoms with Crippen LogP contribution in [-0.4, -0.2) is 24.4 Å². The van der Waals surface area contributed by atoms with Crippen molar-refractivity contribution in [3.05, 3.63) is 29.6 Å². The summed E-state index contributed by atoms with van der Waals surface area (Å²) < 4.78 is 13.6. The van der Waals surface area contributed by atoms with Gasteiger partial charge in [-0.3, -0.25) is 9.59 Å². The van der Waals surface area contributed by atoms with E-state index in [-0.39, 0.29) is 17.5 Å². The summed E-state index contributed by atoms with van der Waals surface area (Å²) in [6.45, 7) is 0.324. The first-order valence-corrected chi connectivity index (χ1v) is 5.66. The maximum absolute atomic E-state index is 13.6. The Morgan fingerprint density at radius 3 is 2.78 bits per heavy atom. The van der Waals surface area contributed by atoms with Crippen LogP contribution in [0, 0.1) is 5.82 Å². The van der Waals surface area contributed by atoms with Crippen LogP contribution in [0.1, 0.15) is 23.2 Å². The van der Waals surface area contributed by atoms with E-state index < -0.39 is 11.7 Å². The summed E-state index contributed by atoms with van der Waals surface area (Å²) in [4.78, 5) is 24.1. The highest BCUT2D eigenvalue weighted by Crippen LogP contribution is 2.27. The highest BCUT2D eigenvalue weighted by Gasteiger charge is 2.31. The smallest absolute Gasteiger partial charge is 0.251 e. The number of amides is 2. The minimum atomic E-state index is -0.831. The molecule has 1 atom stereocenters. The van der Waals surface area contributed by atoms with Crippen molar-refractivity contribution in [3.63, 3.8) is 0 Å². The fourth-order valence-corrected chi connectivity index (χ4v) is 2.18.